The molecule has 4 aliphatic rings. The fourth-order valence-corrected chi connectivity index (χ4v) is 9.00. The van der Waals surface area contributed by atoms with Crippen LogP contribution in [-0.2, 0) is 21.5 Å². The number of ether oxygens (including phenoxy) is 1. The summed E-state index contributed by atoms with van der Waals surface area (Å²) in [5, 5.41) is 1.04. The zero-order valence-electron chi connectivity index (χ0n) is 27.8. The second kappa shape index (κ2) is 12.4. The number of piperidine rings is 1. The molecule has 1 saturated carbocycles. The summed E-state index contributed by atoms with van der Waals surface area (Å²) in [5.41, 5.74) is 5.93. The minimum Gasteiger partial charge on any atom is -0.496 e. The van der Waals surface area contributed by atoms with Crippen LogP contribution in [0.25, 0.3) is 28.2 Å². The predicted octanol–water partition coefficient (Wildman–Crippen LogP) is 4.85. The lowest BCUT2D eigenvalue weighted by molar-refractivity contribution is -0.131. The summed E-state index contributed by atoms with van der Waals surface area (Å²) in [7, 11) is 2.59. The first-order valence-electron chi connectivity index (χ1n) is 16.9. The third-order valence-electron chi connectivity index (χ3n) is 10.8. The highest BCUT2D eigenvalue weighted by molar-refractivity contribution is 7.87. The van der Waals surface area contributed by atoms with Crippen molar-refractivity contribution in [1.29, 1.82) is 0 Å². The molecule has 2 saturated heterocycles. The molecule has 0 bridgehead atoms. The highest BCUT2D eigenvalue weighted by atomic mass is 32.2. The van der Waals surface area contributed by atoms with Crippen LogP contribution >= 0.6 is 0 Å². The molecule has 2 aromatic carbocycles. The topological polar surface area (TPSA) is 104 Å². The number of carbonyl (C=O) groups excluding carboxylic acids is 2. The summed E-state index contributed by atoms with van der Waals surface area (Å²) in [6.07, 6.45) is 9.81. The average molecular weight is 660 g/mol. The van der Waals surface area contributed by atoms with E-state index in [9.17, 15) is 18.0 Å². The van der Waals surface area contributed by atoms with Crippen molar-refractivity contribution in [3.05, 3.63) is 58.7 Å². The van der Waals surface area contributed by atoms with Gasteiger partial charge in [-0.05, 0) is 74.4 Å². The molecule has 47 heavy (non-hydrogen) atoms. The Morgan fingerprint density at radius 2 is 1.79 bits per heavy atom. The van der Waals surface area contributed by atoms with Gasteiger partial charge in [0.05, 0.1) is 19.3 Å². The van der Waals surface area contributed by atoms with Gasteiger partial charge in [-0.25, -0.2) is 4.72 Å². The molecule has 0 radical (unpaired) electrons. The lowest BCUT2D eigenvalue weighted by Gasteiger charge is -2.37. The number of aromatic nitrogens is 1. The molecule has 250 valence electrons. The Labute approximate surface area is 277 Å². The summed E-state index contributed by atoms with van der Waals surface area (Å²) >= 11 is 0. The average Bonchev–Trinajstić information content (AvgIpc) is 3.54. The number of rotatable bonds is 6. The molecular weight excluding hydrogens is 614 g/mol. The minimum atomic E-state index is -3.97. The number of amides is 2. The third-order valence-corrected chi connectivity index (χ3v) is 12.2. The number of nitrogens with zero attached hydrogens (tertiary/aromatic N) is 4. The first-order valence-corrected chi connectivity index (χ1v) is 18.3. The lowest BCUT2D eigenvalue weighted by Crippen LogP contribution is -2.49. The van der Waals surface area contributed by atoms with Gasteiger partial charge in [-0.1, -0.05) is 37.5 Å². The molecule has 3 fully saturated rings. The van der Waals surface area contributed by atoms with E-state index in [1.807, 2.05) is 24.3 Å². The van der Waals surface area contributed by atoms with Crippen molar-refractivity contribution in [2.45, 2.75) is 63.5 Å². The van der Waals surface area contributed by atoms with Gasteiger partial charge < -0.3 is 19.1 Å². The molecular formula is C36H45N5O5S. The number of hydrogen-bond donors (Lipinski definition) is 1. The van der Waals surface area contributed by atoms with Crippen LogP contribution in [0.2, 0.25) is 0 Å². The van der Waals surface area contributed by atoms with Gasteiger partial charge in [0.1, 0.15) is 5.75 Å². The second-order valence-electron chi connectivity index (χ2n) is 13.9. The van der Waals surface area contributed by atoms with Gasteiger partial charge in [0.15, 0.2) is 0 Å². The van der Waals surface area contributed by atoms with E-state index in [0.717, 1.165) is 90.2 Å². The van der Waals surface area contributed by atoms with E-state index in [2.05, 4.69) is 32.2 Å². The Bertz CT molecular complexity index is 1870. The van der Waals surface area contributed by atoms with Gasteiger partial charge in [0.2, 0.25) is 0 Å². The maximum Gasteiger partial charge on any atom is 0.303 e. The molecule has 2 atom stereocenters. The van der Waals surface area contributed by atoms with Crippen LogP contribution in [0.5, 0.6) is 5.75 Å². The van der Waals surface area contributed by atoms with Crippen molar-refractivity contribution >= 4 is 39.0 Å². The molecule has 0 spiro atoms. The molecule has 7 rings (SSSR count). The van der Waals surface area contributed by atoms with E-state index in [1.54, 1.807) is 19.2 Å². The number of carbonyl (C=O) groups is 2. The van der Waals surface area contributed by atoms with Gasteiger partial charge in [-0.2, -0.15) is 12.7 Å². The zero-order valence-corrected chi connectivity index (χ0v) is 28.6. The number of likely N-dealkylation sites (tertiary alicyclic amines) is 2. The van der Waals surface area contributed by atoms with Crippen LogP contribution in [0, 0.1) is 5.92 Å². The van der Waals surface area contributed by atoms with Crippen LogP contribution in [-0.4, -0.2) is 92.8 Å². The van der Waals surface area contributed by atoms with Crippen molar-refractivity contribution in [2.24, 2.45) is 5.92 Å². The molecule has 1 N–H and O–H groups in total. The monoisotopic (exact) mass is 659 g/mol. The van der Waals surface area contributed by atoms with Crippen molar-refractivity contribution in [1.82, 2.24) is 23.4 Å². The Kier molecular flexibility index (Phi) is 8.42. The van der Waals surface area contributed by atoms with Gasteiger partial charge in [0, 0.05) is 72.9 Å². The number of fused-ring (bicyclic) bond motifs is 6. The highest BCUT2D eigenvalue weighted by Crippen LogP contribution is 2.48. The number of nitrogens with one attached hydrogen (secondary N) is 1. The van der Waals surface area contributed by atoms with Crippen molar-refractivity contribution in [2.75, 3.05) is 47.9 Å². The summed E-state index contributed by atoms with van der Waals surface area (Å²) in [5.74, 6) is 0.873. The fourth-order valence-electron chi connectivity index (χ4n) is 8.47. The van der Waals surface area contributed by atoms with E-state index in [0.29, 0.717) is 29.7 Å². The van der Waals surface area contributed by atoms with Crippen molar-refractivity contribution in [3.63, 3.8) is 0 Å². The van der Waals surface area contributed by atoms with Gasteiger partial charge in [-0.3, -0.25) is 9.59 Å². The van der Waals surface area contributed by atoms with E-state index >= 15 is 0 Å². The van der Waals surface area contributed by atoms with Gasteiger partial charge in [0.25, 0.3) is 11.8 Å². The van der Waals surface area contributed by atoms with E-state index < -0.39 is 16.1 Å². The second-order valence-corrected chi connectivity index (χ2v) is 15.8. The Balaban J connectivity index is 1.42. The summed E-state index contributed by atoms with van der Waals surface area (Å²) in [6, 6.07) is 11.7. The summed E-state index contributed by atoms with van der Waals surface area (Å²) in [4.78, 5) is 32.4. The smallest absolute Gasteiger partial charge is 0.303 e. The van der Waals surface area contributed by atoms with Crippen molar-refractivity contribution < 1.29 is 22.7 Å². The van der Waals surface area contributed by atoms with Gasteiger partial charge in [-0.15, -0.1) is 0 Å². The Morgan fingerprint density at radius 3 is 2.53 bits per heavy atom. The Morgan fingerprint density at radius 1 is 1.00 bits per heavy atom. The van der Waals surface area contributed by atoms with Crippen molar-refractivity contribution in [3.8, 4) is 17.0 Å². The van der Waals surface area contributed by atoms with Crippen LogP contribution in [0.15, 0.2) is 42.0 Å². The molecule has 3 aliphatic heterocycles. The fraction of sp³-hybridized carbons (Fsp3) is 0.500. The summed E-state index contributed by atoms with van der Waals surface area (Å²) < 4.78 is 36.4. The highest BCUT2D eigenvalue weighted by Gasteiger charge is 2.41. The van der Waals surface area contributed by atoms with Gasteiger partial charge >= 0.3 is 10.2 Å². The molecule has 10 nitrogen and oxygen atoms in total. The minimum absolute atomic E-state index is 0.0479. The van der Waals surface area contributed by atoms with E-state index in [1.165, 1.54) is 26.1 Å². The maximum atomic E-state index is 14.7. The first kappa shape index (κ1) is 31.9. The van der Waals surface area contributed by atoms with Crippen LogP contribution < -0.4 is 9.46 Å². The number of hydrogen-bond acceptors (Lipinski definition) is 6. The summed E-state index contributed by atoms with van der Waals surface area (Å²) in [6.45, 7) is 2.96. The molecule has 2 amide bonds. The molecule has 1 aromatic heterocycles. The molecule has 1 aliphatic carbocycles. The van der Waals surface area contributed by atoms with Crippen LogP contribution in [0.4, 0.5) is 0 Å². The zero-order chi connectivity index (χ0) is 33.0. The molecule has 3 aromatic rings. The van der Waals surface area contributed by atoms with Crippen LogP contribution in [0.1, 0.15) is 72.3 Å². The molecule has 11 heteroatoms. The largest absolute Gasteiger partial charge is 0.496 e. The first-order chi connectivity index (χ1) is 22.6. The quantitative estimate of drug-likeness (QED) is 0.406. The number of likely N-dealkylation sites (N-methyl/N-ethyl adjacent to an activating group) is 1. The molecule has 2 unspecified atom stereocenters. The van der Waals surface area contributed by atoms with E-state index in [-0.39, 0.29) is 17.5 Å². The lowest BCUT2D eigenvalue weighted by atomic mass is 9.81. The molecule has 4 heterocycles. The Hall–Kier alpha value is -3.67. The normalized spacial score (nSPS) is 22.0. The van der Waals surface area contributed by atoms with Crippen LogP contribution in [0.3, 0.4) is 0 Å². The number of methoxy groups -OCH3 is 1. The number of benzene rings is 2. The standard InChI is InChI=1S/C36H45N5O5S/c1-38(2)47(44,45)37-35(42)24-15-16-28-30(19-24)41-21-26(36(43)40-17-9-12-25-20-39(3)22-31(25)40)18-29-27(13-8-14-32(29)46-4)34(41)33(28)23-10-6-5-7-11-23/h8,13-16,18-19,23,25,31H,5-7,9-12,17,20-22H2,1-4H3,(H,37,42). The maximum absolute atomic E-state index is 14.7. The van der Waals surface area contributed by atoms with E-state index in [4.69, 9.17) is 4.74 Å². The third kappa shape index (κ3) is 5.66. The predicted molar refractivity (Wildman–Crippen MR) is 184 cm³/mol. The SMILES string of the molecule is COc1cccc2c1C=C(C(=O)N1CCCC3CN(C)CC31)Cn1c-2c(C2CCCCC2)c2ccc(C(=O)NS(=O)(=O)N(C)C)cc21.